The molecule has 1 heterocycles. The number of nitrogens with two attached hydrogens (primary N) is 1. The van der Waals surface area contributed by atoms with Crippen LogP contribution in [0.2, 0.25) is 0 Å². The predicted octanol–water partition coefficient (Wildman–Crippen LogP) is 2.91. The van der Waals surface area contributed by atoms with Gasteiger partial charge in [0.2, 0.25) is 5.91 Å². The fourth-order valence-corrected chi connectivity index (χ4v) is 2.91. The number of hydrogen-bond donors (Lipinski definition) is 2. The lowest BCUT2D eigenvalue weighted by Gasteiger charge is -2.13. The molecule has 0 spiro atoms. The maximum Gasteiger partial charge on any atom is 0.222 e. The van der Waals surface area contributed by atoms with E-state index in [0.29, 0.717) is 13.1 Å². The lowest BCUT2D eigenvalue weighted by Crippen LogP contribution is -2.31. The SMILES string of the molecule is COC(CN)CC(=O)NCc1cccc(Cn2cnc3ccccc32)c1.Cl.Cl. The van der Waals surface area contributed by atoms with Crippen LogP contribution in [0.5, 0.6) is 0 Å². The molecule has 0 fully saturated rings. The van der Waals surface area contributed by atoms with Crippen molar-refractivity contribution < 1.29 is 9.53 Å². The Hall–Kier alpha value is -2.12. The van der Waals surface area contributed by atoms with Crippen molar-refractivity contribution in [3.8, 4) is 0 Å². The number of rotatable bonds is 8. The van der Waals surface area contributed by atoms with Crippen LogP contribution in [0.3, 0.4) is 0 Å². The Labute approximate surface area is 177 Å². The minimum atomic E-state index is -0.240. The second-order valence-electron chi connectivity index (χ2n) is 6.26. The fourth-order valence-electron chi connectivity index (χ4n) is 2.91. The van der Waals surface area contributed by atoms with Gasteiger partial charge in [-0.2, -0.15) is 0 Å². The minimum absolute atomic E-state index is 0. The minimum Gasteiger partial charge on any atom is -0.380 e. The number of halogens is 2. The number of hydrogen-bond acceptors (Lipinski definition) is 4. The lowest BCUT2D eigenvalue weighted by molar-refractivity contribution is -0.123. The molecule has 1 aromatic heterocycles. The van der Waals surface area contributed by atoms with Gasteiger partial charge in [-0.15, -0.1) is 24.8 Å². The topological polar surface area (TPSA) is 82.2 Å². The second-order valence-corrected chi connectivity index (χ2v) is 6.26. The number of carbonyl (C=O) groups is 1. The molecule has 3 N–H and O–H groups in total. The zero-order valence-corrected chi connectivity index (χ0v) is 17.3. The summed E-state index contributed by atoms with van der Waals surface area (Å²) in [6.07, 6.45) is 1.89. The maximum atomic E-state index is 12.0. The smallest absolute Gasteiger partial charge is 0.222 e. The van der Waals surface area contributed by atoms with E-state index in [1.807, 2.05) is 36.7 Å². The highest BCUT2D eigenvalue weighted by molar-refractivity contribution is 5.85. The molecule has 0 saturated heterocycles. The zero-order chi connectivity index (χ0) is 18.4. The third-order valence-electron chi connectivity index (χ3n) is 4.37. The molecule has 1 unspecified atom stereocenters. The van der Waals surface area contributed by atoms with E-state index >= 15 is 0 Å². The van der Waals surface area contributed by atoms with E-state index < -0.39 is 0 Å². The first-order valence-corrected chi connectivity index (χ1v) is 8.67. The van der Waals surface area contributed by atoms with Crippen molar-refractivity contribution in [2.75, 3.05) is 13.7 Å². The molecule has 8 heteroatoms. The molecule has 3 rings (SSSR count). The molecule has 0 saturated carbocycles. The molecule has 1 amide bonds. The normalized spacial score (nSPS) is 11.4. The van der Waals surface area contributed by atoms with Crippen molar-refractivity contribution in [3.05, 3.63) is 66.0 Å². The van der Waals surface area contributed by atoms with Crippen LogP contribution in [0, 0.1) is 0 Å². The molecule has 0 radical (unpaired) electrons. The third-order valence-corrected chi connectivity index (χ3v) is 4.37. The maximum absolute atomic E-state index is 12.0. The lowest BCUT2D eigenvalue weighted by atomic mass is 10.1. The van der Waals surface area contributed by atoms with Crippen molar-refractivity contribution in [1.82, 2.24) is 14.9 Å². The van der Waals surface area contributed by atoms with E-state index in [9.17, 15) is 4.79 Å². The molecule has 152 valence electrons. The molecule has 0 aliphatic heterocycles. The first-order chi connectivity index (χ1) is 12.7. The standard InChI is InChI=1S/C20H24N4O2.2ClH/c1-26-17(11-21)10-20(25)22-12-15-5-4-6-16(9-15)13-24-14-23-18-7-2-3-8-19(18)24;;/h2-9,14,17H,10-13,21H2,1H3,(H,22,25);2*1H. The van der Waals surface area contributed by atoms with Crippen LogP contribution in [0.25, 0.3) is 11.0 Å². The Morgan fingerprint density at radius 2 is 1.93 bits per heavy atom. The average molecular weight is 425 g/mol. The number of methoxy groups -OCH3 is 1. The van der Waals surface area contributed by atoms with Crippen LogP contribution in [-0.4, -0.2) is 35.2 Å². The number of para-hydroxylation sites is 2. The van der Waals surface area contributed by atoms with E-state index in [-0.39, 0.29) is 43.2 Å². The molecule has 3 aromatic rings. The Morgan fingerprint density at radius 1 is 1.18 bits per heavy atom. The van der Waals surface area contributed by atoms with Crippen LogP contribution in [0.4, 0.5) is 0 Å². The van der Waals surface area contributed by atoms with Crippen molar-refractivity contribution in [1.29, 1.82) is 0 Å². The van der Waals surface area contributed by atoms with Crippen molar-refractivity contribution >= 4 is 41.8 Å². The predicted molar refractivity (Wildman–Crippen MR) is 116 cm³/mol. The van der Waals surface area contributed by atoms with Crippen LogP contribution < -0.4 is 11.1 Å². The molecule has 0 aliphatic carbocycles. The number of benzene rings is 2. The van der Waals surface area contributed by atoms with Gasteiger partial charge in [-0.25, -0.2) is 4.98 Å². The van der Waals surface area contributed by atoms with Gasteiger partial charge in [0.1, 0.15) is 0 Å². The Kier molecular flexibility index (Phi) is 9.96. The van der Waals surface area contributed by atoms with Crippen molar-refractivity contribution in [3.63, 3.8) is 0 Å². The largest absolute Gasteiger partial charge is 0.380 e. The Bertz CT molecular complexity index is 881. The monoisotopic (exact) mass is 424 g/mol. The highest BCUT2D eigenvalue weighted by Gasteiger charge is 2.11. The van der Waals surface area contributed by atoms with Gasteiger partial charge in [-0.1, -0.05) is 36.4 Å². The number of carbonyl (C=O) groups excluding carboxylic acids is 1. The molecule has 1 atom stereocenters. The van der Waals surface area contributed by atoms with Crippen LogP contribution in [-0.2, 0) is 22.6 Å². The van der Waals surface area contributed by atoms with E-state index in [0.717, 1.165) is 28.7 Å². The molecule has 28 heavy (non-hydrogen) atoms. The van der Waals surface area contributed by atoms with Crippen LogP contribution in [0.1, 0.15) is 17.5 Å². The first kappa shape index (κ1) is 23.9. The summed E-state index contributed by atoms with van der Waals surface area (Å²) in [6.45, 7) is 1.55. The second kappa shape index (κ2) is 11.7. The highest BCUT2D eigenvalue weighted by atomic mass is 35.5. The number of amides is 1. The Morgan fingerprint density at radius 3 is 2.68 bits per heavy atom. The number of aromatic nitrogens is 2. The summed E-state index contributed by atoms with van der Waals surface area (Å²) in [5, 5.41) is 2.92. The van der Waals surface area contributed by atoms with Gasteiger partial charge in [-0.3, -0.25) is 4.79 Å². The van der Waals surface area contributed by atoms with Crippen LogP contribution in [0.15, 0.2) is 54.9 Å². The number of imidazole rings is 1. The van der Waals surface area contributed by atoms with Gasteiger partial charge in [0.15, 0.2) is 0 Å². The summed E-state index contributed by atoms with van der Waals surface area (Å²) < 4.78 is 7.26. The summed E-state index contributed by atoms with van der Waals surface area (Å²) >= 11 is 0. The molecule has 0 aliphatic rings. The first-order valence-electron chi connectivity index (χ1n) is 8.67. The number of ether oxygens (including phenoxy) is 1. The summed E-state index contributed by atoms with van der Waals surface area (Å²) in [6, 6.07) is 16.3. The third kappa shape index (κ3) is 6.21. The van der Waals surface area contributed by atoms with Crippen molar-refractivity contribution in [2.24, 2.45) is 5.73 Å². The average Bonchev–Trinajstić information content (AvgIpc) is 3.08. The molecular weight excluding hydrogens is 399 g/mol. The van der Waals surface area contributed by atoms with E-state index in [1.54, 1.807) is 7.11 Å². The fraction of sp³-hybridized carbons (Fsp3) is 0.300. The quantitative estimate of drug-likeness (QED) is 0.582. The van der Waals surface area contributed by atoms with Gasteiger partial charge >= 0.3 is 0 Å². The number of fused-ring (bicyclic) bond motifs is 1. The summed E-state index contributed by atoms with van der Waals surface area (Å²) in [5.74, 6) is -0.0618. The Balaban J connectivity index is 0.00000196. The molecule has 2 aromatic carbocycles. The van der Waals surface area contributed by atoms with Gasteiger partial charge in [-0.05, 0) is 23.3 Å². The molecule has 0 bridgehead atoms. The number of nitrogens with one attached hydrogen (secondary N) is 1. The number of nitrogens with zero attached hydrogens (tertiary/aromatic N) is 2. The van der Waals surface area contributed by atoms with Crippen LogP contribution >= 0.6 is 24.8 Å². The van der Waals surface area contributed by atoms with Gasteiger partial charge in [0, 0.05) is 26.7 Å². The van der Waals surface area contributed by atoms with Gasteiger partial charge in [0.05, 0.1) is 29.9 Å². The van der Waals surface area contributed by atoms with E-state index in [1.165, 1.54) is 0 Å². The zero-order valence-electron chi connectivity index (χ0n) is 15.7. The summed E-state index contributed by atoms with van der Waals surface area (Å²) in [7, 11) is 1.56. The highest BCUT2D eigenvalue weighted by Crippen LogP contribution is 2.15. The van der Waals surface area contributed by atoms with Gasteiger partial charge in [0.25, 0.3) is 0 Å². The molecular formula is C20H26Cl2N4O2. The van der Waals surface area contributed by atoms with Gasteiger partial charge < -0.3 is 20.4 Å². The summed E-state index contributed by atoms with van der Waals surface area (Å²) in [4.78, 5) is 16.4. The summed E-state index contributed by atoms with van der Waals surface area (Å²) in [5.41, 5.74) is 9.87. The van der Waals surface area contributed by atoms with E-state index in [4.69, 9.17) is 10.5 Å². The van der Waals surface area contributed by atoms with Crippen molar-refractivity contribution in [2.45, 2.75) is 25.6 Å². The van der Waals surface area contributed by atoms with E-state index in [2.05, 4.69) is 33.1 Å². The molecule has 6 nitrogen and oxygen atoms in total.